The van der Waals surface area contributed by atoms with E-state index < -0.39 is 40.3 Å². The van der Waals surface area contributed by atoms with Crippen molar-refractivity contribution in [1.29, 1.82) is 0 Å². The summed E-state index contributed by atoms with van der Waals surface area (Å²) < 4.78 is 35.9. The molecule has 1 aromatic heterocycles. The highest BCUT2D eigenvalue weighted by Gasteiger charge is 2.30. The lowest BCUT2D eigenvalue weighted by molar-refractivity contribution is -0.145. The fourth-order valence-electron chi connectivity index (χ4n) is 3.42. The second-order valence-electron chi connectivity index (χ2n) is 7.77. The first-order valence-electron chi connectivity index (χ1n) is 10.3. The van der Waals surface area contributed by atoms with Crippen LogP contribution in [-0.2, 0) is 26.0 Å². The lowest BCUT2D eigenvalue weighted by Gasteiger charge is -2.20. The number of sulfonamides is 1. The zero-order valence-corrected chi connectivity index (χ0v) is 19.0. The van der Waals surface area contributed by atoms with Gasteiger partial charge in [0.05, 0.1) is 17.7 Å². The quantitative estimate of drug-likeness (QED) is 0.447. The molecule has 9 nitrogen and oxygen atoms in total. The Hall–Kier alpha value is -3.14. The zero-order valence-electron chi connectivity index (χ0n) is 18.2. The maximum Gasteiger partial charge on any atom is 0.329 e. The molecule has 0 saturated heterocycles. The second-order valence-corrected chi connectivity index (χ2v) is 9.95. The van der Waals surface area contributed by atoms with E-state index in [0.717, 1.165) is 5.56 Å². The van der Waals surface area contributed by atoms with Gasteiger partial charge >= 0.3 is 5.97 Å². The van der Waals surface area contributed by atoms with E-state index in [-0.39, 0.29) is 17.4 Å². The Morgan fingerprint density at radius 3 is 2.59 bits per heavy atom. The lowest BCUT2D eigenvalue weighted by atomic mass is 10.0. The molecule has 0 unspecified atom stereocenters. The van der Waals surface area contributed by atoms with Gasteiger partial charge in [0.1, 0.15) is 6.04 Å². The van der Waals surface area contributed by atoms with Crippen LogP contribution in [0.25, 0.3) is 0 Å². The maximum absolute atomic E-state index is 12.6. The Balaban J connectivity index is 1.63. The summed E-state index contributed by atoms with van der Waals surface area (Å²) in [6.07, 6.45) is 1.85. The Labute approximate surface area is 186 Å². The van der Waals surface area contributed by atoms with Crippen molar-refractivity contribution in [3.05, 3.63) is 53.5 Å². The van der Waals surface area contributed by atoms with Crippen LogP contribution in [0.2, 0.25) is 0 Å². The van der Waals surface area contributed by atoms with Crippen LogP contribution >= 0.6 is 0 Å². The predicted molar refractivity (Wildman–Crippen MR) is 117 cm³/mol. The van der Waals surface area contributed by atoms with E-state index in [2.05, 4.69) is 5.32 Å². The summed E-state index contributed by atoms with van der Waals surface area (Å²) in [6, 6.07) is 6.84. The van der Waals surface area contributed by atoms with Crippen LogP contribution in [0.3, 0.4) is 0 Å². The molecule has 1 aromatic carbocycles. The van der Waals surface area contributed by atoms with Crippen LogP contribution in [-0.4, -0.2) is 51.0 Å². The summed E-state index contributed by atoms with van der Waals surface area (Å²) in [4.78, 5) is 37.3. The molecule has 0 radical (unpaired) electrons. The number of fused-ring (bicyclic) bond motifs is 1. The zero-order chi connectivity index (χ0) is 23.5. The molecule has 2 aromatic rings. The van der Waals surface area contributed by atoms with Gasteiger partial charge in [0.2, 0.25) is 10.0 Å². The maximum atomic E-state index is 12.6. The van der Waals surface area contributed by atoms with Gasteiger partial charge in [-0.15, -0.1) is 0 Å². The van der Waals surface area contributed by atoms with Gasteiger partial charge in [0, 0.05) is 12.1 Å². The third kappa shape index (κ3) is 5.01. The van der Waals surface area contributed by atoms with E-state index in [9.17, 15) is 22.8 Å². The van der Waals surface area contributed by atoms with Crippen LogP contribution in [0.4, 0.5) is 5.69 Å². The lowest BCUT2D eigenvalue weighted by Crippen LogP contribution is -2.45. The average Bonchev–Trinajstić information content (AvgIpc) is 3.45. The molecule has 2 heterocycles. The molecule has 0 fully saturated rings. The number of furan rings is 1. The Morgan fingerprint density at radius 1 is 1.22 bits per heavy atom. The van der Waals surface area contributed by atoms with E-state index in [1.807, 2.05) is 0 Å². The largest absolute Gasteiger partial charge is 0.459 e. The number of amides is 1. The number of hydrogen-bond acceptors (Lipinski definition) is 7. The average molecular weight is 463 g/mol. The van der Waals surface area contributed by atoms with Crippen molar-refractivity contribution >= 4 is 33.4 Å². The van der Waals surface area contributed by atoms with Crippen molar-refractivity contribution in [2.75, 3.05) is 23.2 Å². The summed E-state index contributed by atoms with van der Waals surface area (Å²) in [7, 11) is -3.37. The van der Waals surface area contributed by atoms with E-state index in [1.165, 1.54) is 22.7 Å². The summed E-state index contributed by atoms with van der Waals surface area (Å²) in [5.74, 6) is -1.91. The minimum atomic E-state index is -3.37. The third-order valence-electron chi connectivity index (χ3n) is 5.25. The molecule has 1 N–H and O–H groups in total. The van der Waals surface area contributed by atoms with Crippen LogP contribution in [0.5, 0.6) is 0 Å². The summed E-state index contributed by atoms with van der Waals surface area (Å²) in [6.45, 7) is 4.92. The highest BCUT2D eigenvalue weighted by molar-refractivity contribution is 7.92. The molecule has 1 aliphatic rings. The van der Waals surface area contributed by atoms with Crippen LogP contribution in [0, 0.1) is 5.92 Å². The van der Waals surface area contributed by atoms with Gasteiger partial charge in [-0.25, -0.2) is 13.2 Å². The monoisotopic (exact) mass is 462 g/mol. The number of esters is 1. The fourth-order valence-corrected chi connectivity index (χ4v) is 4.58. The summed E-state index contributed by atoms with van der Waals surface area (Å²) in [5, 5.41) is 2.56. The summed E-state index contributed by atoms with van der Waals surface area (Å²) >= 11 is 0. The van der Waals surface area contributed by atoms with Crippen molar-refractivity contribution in [2.24, 2.45) is 5.92 Å². The molecule has 1 aliphatic heterocycles. The van der Waals surface area contributed by atoms with Crippen molar-refractivity contribution in [1.82, 2.24) is 5.32 Å². The Morgan fingerprint density at radius 2 is 1.97 bits per heavy atom. The van der Waals surface area contributed by atoms with Gasteiger partial charge in [-0.3, -0.25) is 13.9 Å². The normalized spacial score (nSPS) is 14.2. The number of nitrogens with one attached hydrogen (secondary N) is 1. The van der Waals surface area contributed by atoms with Crippen LogP contribution < -0.4 is 9.62 Å². The molecule has 3 rings (SSSR count). The third-order valence-corrected chi connectivity index (χ3v) is 7.03. The number of benzene rings is 1. The van der Waals surface area contributed by atoms with Crippen molar-refractivity contribution in [3.63, 3.8) is 0 Å². The van der Waals surface area contributed by atoms with Crippen LogP contribution in [0.15, 0.2) is 41.0 Å². The molecule has 32 heavy (non-hydrogen) atoms. The van der Waals surface area contributed by atoms with Gasteiger partial charge in [-0.1, -0.05) is 13.8 Å². The molecule has 0 aliphatic carbocycles. The van der Waals surface area contributed by atoms with E-state index in [0.29, 0.717) is 24.2 Å². The Kier molecular flexibility index (Phi) is 7.02. The van der Waals surface area contributed by atoms with Gasteiger partial charge in [0.25, 0.3) is 5.91 Å². The molecular weight excluding hydrogens is 436 g/mol. The van der Waals surface area contributed by atoms with Gasteiger partial charge in [-0.2, -0.15) is 0 Å². The molecule has 10 heteroatoms. The number of Topliss-reactive ketones (excluding diaryl/α,β-unsaturated/α-hetero) is 1. The summed E-state index contributed by atoms with van der Waals surface area (Å²) in [5.41, 5.74) is 1.65. The smallest absolute Gasteiger partial charge is 0.329 e. The SMILES string of the molecule is CCS(=O)(=O)N1CCc2cc(C(=O)COC(=O)[C@@H](NC(=O)c3ccco3)C(C)C)ccc21. The number of hydrogen-bond donors (Lipinski definition) is 1. The van der Waals surface area contributed by atoms with Crippen molar-refractivity contribution in [2.45, 2.75) is 33.2 Å². The Bertz CT molecular complexity index is 1110. The number of rotatable bonds is 9. The van der Waals surface area contributed by atoms with Crippen LogP contribution in [0.1, 0.15) is 47.2 Å². The number of carbonyl (C=O) groups is 3. The molecule has 0 saturated carbocycles. The van der Waals surface area contributed by atoms with Gasteiger partial charge in [-0.05, 0) is 55.2 Å². The molecule has 0 bridgehead atoms. The van der Waals surface area contributed by atoms with Crippen molar-refractivity contribution in [3.8, 4) is 0 Å². The number of ether oxygens (including phenoxy) is 1. The molecule has 1 amide bonds. The molecule has 1 atom stereocenters. The standard InChI is InChI=1S/C22H26N2O7S/c1-4-32(28,29)24-10-9-15-12-16(7-8-17(15)24)18(25)13-31-22(27)20(14(2)3)23-21(26)19-6-5-11-30-19/h5-8,11-12,14,20H,4,9-10,13H2,1-3H3,(H,23,26)/t20-/m0/s1. The van der Waals surface area contributed by atoms with Crippen molar-refractivity contribution < 1.29 is 32.0 Å². The molecular formula is C22H26N2O7S. The van der Waals surface area contributed by atoms with E-state index in [1.54, 1.807) is 39.0 Å². The topological polar surface area (TPSA) is 123 Å². The van der Waals surface area contributed by atoms with Gasteiger partial charge < -0.3 is 14.5 Å². The van der Waals surface area contributed by atoms with E-state index >= 15 is 0 Å². The number of ketones is 1. The highest BCUT2D eigenvalue weighted by atomic mass is 32.2. The number of nitrogens with zero attached hydrogens (tertiary/aromatic N) is 1. The van der Waals surface area contributed by atoms with E-state index in [4.69, 9.17) is 9.15 Å². The fraction of sp³-hybridized carbons (Fsp3) is 0.409. The molecule has 172 valence electrons. The molecule has 0 spiro atoms. The second kappa shape index (κ2) is 9.56. The first-order valence-corrected chi connectivity index (χ1v) is 11.9. The minimum absolute atomic E-state index is 0.00342. The van der Waals surface area contributed by atoms with Gasteiger partial charge in [0.15, 0.2) is 18.2 Å². The first kappa shape index (κ1) is 23.5. The minimum Gasteiger partial charge on any atom is -0.459 e. The predicted octanol–water partition coefficient (Wildman–Crippen LogP) is 2.17. The number of anilines is 1. The highest BCUT2D eigenvalue weighted by Crippen LogP contribution is 2.31. The number of carbonyl (C=O) groups excluding carboxylic acids is 3. The first-order chi connectivity index (χ1) is 15.1.